The van der Waals surface area contributed by atoms with E-state index < -0.39 is 0 Å². The van der Waals surface area contributed by atoms with Crippen molar-refractivity contribution in [3.8, 4) is 11.4 Å². The Morgan fingerprint density at radius 1 is 0.842 bits per heavy atom. The monoisotopic (exact) mass is 348 g/mol. The summed E-state index contributed by atoms with van der Waals surface area (Å²) in [5.41, 5.74) is 1.83. The maximum atomic E-state index is 10.1. The molecular weight excluding hydrogens is 335 g/mol. The molecule has 0 spiro atoms. The minimum atomic E-state index is -0.306. The van der Waals surface area contributed by atoms with E-state index in [1.54, 1.807) is 12.4 Å². The molecule has 0 saturated heterocycles. The van der Waals surface area contributed by atoms with Crippen molar-refractivity contribution < 1.29 is 27.6 Å². The molecule has 0 aliphatic carbocycles. The SMILES string of the molecule is C[C](=O)[Pd][C](C)=O.c1ccc(-c2ccccn2)nc1. The Bertz CT molecular complexity index is 480. The molecule has 0 aliphatic rings. The third kappa shape index (κ3) is 6.70. The number of carbonyl (C=O) groups is 2. The van der Waals surface area contributed by atoms with Crippen LogP contribution in [0.25, 0.3) is 11.4 Å². The molecule has 4 nitrogen and oxygen atoms in total. The smallest absolute Gasteiger partial charge is 0.0886 e. The van der Waals surface area contributed by atoms with Gasteiger partial charge >= 0.3 is 49.9 Å². The first-order chi connectivity index (χ1) is 9.09. The molecule has 102 valence electrons. The zero-order chi connectivity index (χ0) is 14.1. The molecule has 2 rings (SSSR count). The number of carbonyl (C=O) groups excluding carboxylic acids is 2. The van der Waals surface area contributed by atoms with Gasteiger partial charge in [0.15, 0.2) is 0 Å². The van der Waals surface area contributed by atoms with Crippen LogP contribution < -0.4 is 0 Å². The molecule has 0 saturated carbocycles. The van der Waals surface area contributed by atoms with Crippen molar-refractivity contribution in [2.24, 2.45) is 0 Å². The summed E-state index contributed by atoms with van der Waals surface area (Å²) in [4.78, 5) is 28.5. The zero-order valence-corrected chi connectivity index (χ0v) is 12.2. The summed E-state index contributed by atoms with van der Waals surface area (Å²) in [6.07, 6.45) is 3.54. The Morgan fingerprint density at radius 2 is 1.26 bits per heavy atom. The van der Waals surface area contributed by atoms with Crippen LogP contribution in [0.2, 0.25) is 0 Å². The van der Waals surface area contributed by atoms with Gasteiger partial charge in [0.25, 0.3) is 0 Å². The van der Waals surface area contributed by atoms with Crippen molar-refractivity contribution in [2.75, 3.05) is 0 Å². The molecule has 2 heterocycles. The number of rotatable bonds is 3. The standard InChI is InChI=1S/C10H8N2.2C2H3O.Pd/c1-3-7-11-9(5-1)10-6-2-4-8-12-10;2*1-2-3;/h1-8H;2*1H3;. The average Bonchev–Trinajstić information content (AvgIpc) is 2.40. The van der Waals surface area contributed by atoms with Crippen molar-refractivity contribution in [3.63, 3.8) is 0 Å². The second-order valence-corrected chi connectivity index (χ2v) is 5.94. The molecule has 2 aromatic rings. The molecule has 0 aliphatic heterocycles. The Balaban J connectivity index is 0.000000224. The van der Waals surface area contributed by atoms with E-state index in [9.17, 15) is 9.59 Å². The summed E-state index contributed by atoms with van der Waals surface area (Å²) in [7, 11) is 0. The molecule has 0 aromatic carbocycles. The molecule has 2 aromatic heterocycles. The van der Waals surface area contributed by atoms with E-state index in [2.05, 4.69) is 9.97 Å². The van der Waals surface area contributed by atoms with Gasteiger partial charge in [-0.05, 0) is 24.3 Å². The van der Waals surface area contributed by atoms with Gasteiger partial charge in [0.2, 0.25) is 0 Å². The summed E-state index contributed by atoms with van der Waals surface area (Å²) in [5, 5.41) is 0. The van der Waals surface area contributed by atoms with Gasteiger partial charge in [-0.25, -0.2) is 0 Å². The van der Waals surface area contributed by atoms with Gasteiger partial charge in [-0.1, -0.05) is 12.1 Å². The van der Waals surface area contributed by atoms with E-state index in [4.69, 9.17) is 0 Å². The Hall–Kier alpha value is -1.70. The molecule has 0 atom stereocenters. The molecule has 0 unspecified atom stereocenters. The third-order valence-electron chi connectivity index (χ3n) is 1.81. The molecular formula is C14H14N2O2Pd. The summed E-state index contributed by atoms with van der Waals surface area (Å²) >= 11 is -0.306. The largest absolute Gasteiger partial charge is 0.255 e. The van der Waals surface area contributed by atoms with E-state index in [-0.39, 0.29) is 26.5 Å². The predicted octanol–water partition coefficient (Wildman–Crippen LogP) is 2.31. The minimum Gasteiger partial charge on any atom is -0.255 e. The number of hydrogen-bond donors (Lipinski definition) is 0. The number of pyridine rings is 2. The fraction of sp³-hybridized carbons (Fsp3) is 0.143. The minimum absolute atomic E-state index is 0.0125. The normalized spacial score (nSPS) is 9.37. The molecule has 0 radical (unpaired) electrons. The van der Waals surface area contributed by atoms with Gasteiger partial charge in [-0.2, -0.15) is 0 Å². The fourth-order valence-electron chi connectivity index (χ4n) is 1.19. The maximum Gasteiger partial charge on any atom is 0.0886 e. The first-order valence-corrected chi connectivity index (χ1v) is 7.07. The van der Waals surface area contributed by atoms with Crippen LogP contribution in [-0.4, -0.2) is 18.5 Å². The van der Waals surface area contributed by atoms with Crippen LogP contribution in [-0.2, 0) is 27.6 Å². The Kier molecular flexibility index (Phi) is 6.80. The first-order valence-electron chi connectivity index (χ1n) is 5.52. The second kappa shape index (κ2) is 8.41. The van der Waals surface area contributed by atoms with Crippen LogP contribution in [0.1, 0.15) is 13.8 Å². The zero-order valence-electron chi connectivity index (χ0n) is 10.6. The number of nitrogens with zero attached hydrogens (tertiary/aromatic N) is 2. The van der Waals surface area contributed by atoms with Crippen molar-refractivity contribution in [2.45, 2.75) is 13.8 Å². The molecule has 19 heavy (non-hydrogen) atoms. The Labute approximate surface area is 120 Å². The topological polar surface area (TPSA) is 59.9 Å². The van der Waals surface area contributed by atoms with Crippen LogP contribution >= 0.6 is 0 Å². The van der Waals surface area contributed by atoms with E-state index in [0.717, 1.165) is 11.4 Å². The third-order valence-corrected chi connectivity index (χ3v) is 2.91. The van der Waals surface area contributed by atoms with Crippen molar-refractivity contribution in [3.05, 3.63) is 48.8 Å². The molecule has 0 amide bonds. The van der Waals surface area contributed by atoms with Crippen LogP contribution in [0.3, 0.4) is 0 Å². The number of aromatic nitrogens is 2. The van der Waals surface area contributed by atoms with Crippen LogP contribution in [0.4, 0.5) is 0 Å². The Morgan fingerprint density at radius 3 is 1.47 bits per heavy atom. The second-order valence-electron chi connectivity index (χ2n) is 3.36. The quantitative estimate of drug-likeness (QED) is 0.799. The van der Waals surface area contributed by atoms with E-state index in [0.29, 0.717) is 0 Å². The summed E-state index contributed by atoms with van der Waals surface area (Å²) in [6.45, 7) is 2.85. The van der Waals surface area contributed by atoms with E-state index in [1.807, 2.05) is 36.4 Å². The maximum absolute atomic E-state index is 10.1. The number of hydrogen-bond acceptors (Lipinski definition) is 4. The van der Waals surface area contributed by atoms with Crippen molar-refractivity contribution in [1.82, 2.24) is 9.97 Å². The molecule has 0 bridgehead atoms. The van der Waals surface area contributed by atoms with Crippen molar-refractivity contribution >= 4 is 8.51 Å². The van der Waals surface area contributed by atoms with E-state index >= 15 is 0 Å². The summed E-state index contributed by atoms with van der Waals surface area (Å²) < 4.78 is -0.0250. The summed E-state index contributed by atoms with van der Waals surface area (Å²) in [6, 6.07) is 11.6. The average molecular weight is 349 g/mol. The fourth-order valence-corrected chi connectivity index (χ4v) is 1.96. The van der Waals surface area contributed by atoms with Gasteiger partial charge < -0.3 is 0 Å². The van der Waals surface area contributed by atoms with Crippen molar-refractivity contribution in [1.29, 1.82) is 0 Å². The van der Waals surface area contributed by atoms with Gasteiger partial charge in [-0.15, -0.1) is 0 Å². The first kappa shape index (κ1) is 15.4. The van der Waals surface area contributed by atoms with E-state index in [1.165, 1.54) is 13.8 Å². The molecule has 0 N–H and O–H groups in total. The van der Waals surface area contributed by atoms with Gasteiger partial charge in [0.1, 0.15) is 0 Å². The predicted molar refractivity (Wildman–Crippen MR) is 68.8 cm³/mol. The van der Waals surface area contributed by atoms with Gasteiger partial charge in [0, 0.05) is 12.4 Å². The van der Waals surface area contributed by atoms with Crippen LogP contribution in [0, 0.1) is 0 Å². The summed E-state index contributed by atoms with van der Waals surface area (Å²) in [5.74, 6) is 0. The van der Waals surface area contributed by atoms with Crippen LogP contribution in [0.15, 0.2) is 48.8 Å². The van der Waals surface area contributed by atoms with Gasteiger partial charge in [-0.3, -0.25) is 9.97 Å². The molecule has 5 heteroatoms. The van der Waals surface area contributed by atoms with Crippen LogP contribution in [0.5, 0.6) is 0 Å². The van der Waals surface area contributed by atoms with Gasteiger partial charge in [0.05, 0.1) is 11.4 Å². The molecule has 0 fully saturated rings.